The van der Waals surface area contributed by atoms with E-state index in [9.17, 15) is 19.8 Å². The van der Waals surface area contributed by atoms with Crippen molar-refractivity contribution in [1.29, 1.82) is 0 Å². The highest BCUT2D eigenvalue weighted by atomic mass is 16.5. The van der Waals surface area contributed by atoms with E-state index in [0.717, 1.165) is 51.4 Å². The Balaban J connectivity index is 3.35. The Morgan fingerprint density at radius 2 is 0.586 bits per heavy atom. The molecule has 0 spiro atoms. The number of esters is 1. The predicted molar refractivity (Wildman–Crippen MR) is 384 cm³/mol. The lowest BCUT2D eigenvalue weighted by Gasteiger charge is -2.20. The molecule has 0 aliphatic rings. The first-order chi connectivity index (χ1) is 43.0. The van der Waals surface area contributed by atoms with Crippen LogP contribution >= 0.6 is 0 Å². The average molecular weight is 1220 g/mol. The topological polar surface area (TPSA) is 95.9 Å². The quantitative estimate of drug-likeness (QED) is 0.0320. The van der Waals surface area contributed by atoms with E-state index in [4.69, 9.17) is 4.74 Å². The van der Waals surface area contributed by atoms with E-state index in [1.807, 2.05) is 6.08 Å². The van der Waals surface area contributed by atoms with Crippen LogP contribution in [0.25, 0.3) is 0 Å². The molecule has 0 heterocycles. The summed E-state index contributed by atoms with van der Waals surface area (Å²) < 4.78 is 5.49. The molecule has 1 amide bonds. The van der Waals surface area contributed by atoms with Gasteiger partial charge in [0.15, 0.2) is 0 Å². The monoisotopic (exact) mass is 1220 g/mol. The molecule has 0 bridgehead atoms. The zero-order chi connectivity index (χ0) is 62.8. The van der Waals surface area contributed by atoms with Crippen LogP contribution in [0.1, 0.15) is 444 Å². The van der Waals surface area contributed by atoms with Crippen molar-refractivity contribution in [2.75, 3.05) is 13.2 Å². The fraction of sp³-hybridized carbons (Fsp3) is 0.901. The number of aliphatic hydroxyl groups excluding tert-OH is 2. The van der Waals surface area contributed by atoms with Gasteiger partial charge in [-0.3, -0.25) is 9.59 Å². The van der Waals surface area contributed by atoms with Gasteiger partial charge in [-0.05, 0) is 57.8 Å². The lowest BCUT2D eigenvalue weighted by molar-refractivity contribution is -0.143. The number of aliphatic hydroxyl groups is 2. The molecule has 0 aromatic heterocycles. The van der Waals surface area contributed by atoms with Crippen LogP contribution in [0, 0.1) is 0 Å². The van der Waals surface area contributed by atoms with E-state index in [1.165, 1.54) is 366 Å². The zero-order valence-electron chi connectivity index (χ0n) is 59.0. The molecule has 0 saturated carbocycles. The van der Waals surface area contributed by atoms with E-state index in [2.05, 4.69) is 43.5 Å². The second-order valence-electron chi connectivity index (χ2n) is 27.4. The summed E-state index contributed by atoms with van der Waals surface area (Å²) in [5, 5.41) is 23.3. The number of nitrogens with one attached hydrogen (secondary N) is 1. The summed E-state index contributed by atoms with van der Waals surface area (Å²) in [6.07, 6.45) is 99.9. The Kier molecular flexibility index (Phi) is 74.8. The molecule has 514 valence electrons. The Labute approximate surface area is 544 Å². The number of unbranched alkanes of at least 4 members (excludes halogenated alkanes) is 60. The molecule has 87 heavy (non-hydrogen) atoms. The van der Waals surface area contributed by atoms with E-state index >= 15 is 0 Å². The summed E-state index contributed by atoms with van der Waals surface area (Å²) >= 11 is 0. The third-order valence-corrected chi connectivity index (χ3v) is 18.7. The second-order valence-corrected chi connectivity index (χ2v) is 27.4. The number of rotatable bonds is 75. The van der Waals surface area contributed by atoms with Gasteiger partial charge in [0.25, 0.3) is 0 Å². The van der Waals surface area contributed by atoms with Gasteiger partial charge in [0, 0.05) is 12.8 Å². The summed E-state index contributed by atoms with van der Waals surface area (Å²) in [4.78, 5) is 24.6. The van der Waals surface area contributed by atoms with E-state index in [0.29, 0.717) is 19.4 Å². The van der Waals surface area contributed by atoms with Crippen LogP contribution in [0.2, 0.25) is 0 Å². The number of carbonyl (C=O) groups is 2. The maximum Gasteiger partial charge on any atom is 0.305 e. The van der Waals surface area contributed by atoms with Gasteiger partial charge in [0.1, 0.15) is 0 Å². The number of hydrogen-bond donors (Lipinski definition) is 3. The van der Waals surface area contributed by atoms with Gasteiger partial charge in [-0.2, -0.15) is 0 Å². The molecule has 0 aromatic rings. The van der Waals surface area contributed by atoms with Crippen molar-refractivity contribution in [3.63, 3.8) is 0 Å². The summed E-state index contributed by atoms with van der Waals surface area (Å²) in [5.74, 6) is -0.0509. The first-order valence-electron chi connectivity index (χ1n) is 39.8. The molecule has 3 N–H and O–H groups in total. The molecule has 0 aliphatic heterocycles. The highest BCUT2D eigenvalue weighted by Gasteiger charge is 2.18. The summed E-state index contributed by atoms with van der Waals surface area (Å²) in [6, 6.07) is -0.626. The minimum atomic E-state index is -0.843. The number of carbonyl (C=O) groups excluding carboxylic acids is 2. The molecule has 2 atom stereocenters. The standard InChI is InChI=1S/C81H155NO5/c1-3-5-7-9-11-13-15-17-19-20-21-22-34-37-40-43-46-49-53-57-61-65-69-73-79(84)78(77-83)82-80(85)74-70-66-62-58-54-50-47-44-41-38-35-32-30-28-26-24-23-25-27-29-31-33-36-39-42-45-48-52-56-60-64-68-72-76-87-81(86)75-71-67-63-59-55-51-18-16-14-12-10-8-6-4-2/h10,12,16,18,69,73,78-79,83-84H,3-9,11,13-15,17,19-68,70-72,74-77H2,1-2H3,(H,82,85)/b12-10-,18-16-,73-69+. The molecule has 0 rings (SSSR count). The lowest BCUT2D eigenvalue weighted by atomic mass is 10.0. The van der Waals surface area contributed by atoms with Crippen LogP contribution in [-0.2, 0) is 14.3 Å². The van der Waals surface area contributed by atoms with Crippen molar-refractivity contribution in [2.24, 2.45) is 0 Å². The van der Waals surface area contributed by atoms with Crippen LogP contribution in [0.15, 0.2) is 36.5 Å². The van der Waals surface area contributed by atoms with E-state index in [1.54, 1.807) is 6.08 Å². The van der Waals surface area contributed by atoms with Gasteiger partial charge in [0.05, 0.1) is 25.4 Å². The van der Waals surface area contributed by atoms with E-state index in [-0.39, 0.29) is 18.5 Å². The third kappa shape index (κ3) is 73.0. The van der Waals surface area contributed by atoms with Crippen molar-refractivity contribution >= 4 is 11.9 Å². The molecular weight excluding hydrogens is 1070 g/mol. The van der Waals surface area contributed by atoms with Crippen LogP contribution < -0.4 is 5.32 Å². The van der Waals surface area contributed by atoms with Gasteiger partial charge in [-0.15, -0.1) is 0 Å². The largest absolute Gasteiger partial charge is 0.466 e. The first kappa shape index (κ1) is 85.1. The second kappa shape index (κ2) is 76.5. The Morgan fingerprint density at radius 3 is 0.908 bits per heavy atom. The Morgan fingerprint density at radius 1 is 0.322 bits per heavy atom. The van der Waals surface area contributed by atoms with Crippen molar-refractivity contribution in [3.8, 4) is 0 Å². The summed E-state index contributed by atoms with van der Waals surface area (Å²) in [5.41, 5.74) is 0. The molecule has 0 saturated heterocycles. The maximum atomic E-state index is 12.6. The van der Waals surface area contributed by atoms with Crippen molar-refractivity contribution in [3.05, 3.63) is 36.5 Å². The molecule has 6 heteroatoms. The normalized spacial score (nSPS) is 12.6. The minimum Gasteiger partial charge on any atom is -0.466 e. The molecule has 6 nitrogen and oxygen atoms in total. The van der Waals surface area contributed by atoms with Crippen LogP contribution in [0.3, 0.4) is 0 Å². The molecule has 0 aromatic carbocycles. The van der Waals surface area contributed by atoms with Gasteiger partial charge in [-0.25, -0.2) is 0 Å². The summed E-state index contributed by atoms with van der Waals surface area (Å²) in [6.45, 7) is 4.91. The molecule has 2 unspecified atom stereocenters. The lowest BCUT2D eigenvalue weighted by Crippen LogP contribution is -2.45. The number of ether oxygens (including phenoxy) is 1. The van der Waals surface area contributed by atoms with Crippen LogP contribution in [0.4, 0.5) is 0 Å². The minimum absolute atomic E-state index is 0.00739. The SMILES string of the molecule is CCCC/C=C\C/C=C\CCCCCCCC(=O)OCCCCCCCCCCCCCCCCCCCCCCCCCCCCCCCCCCCC(=O)NC(CO)C(O)/C=C/CCCCCCCCCCCCCCCCCCCCCCC. The summed E-state index contributed by atoms with van der Waals surface area (Å²) in [7, 11) is 0. The highest BCUT2D eigenvalue weighted by Crippen LogP contribution is 2.20. The van der Waals surface area contributed by atoms with Crippen LogP contribution in [-0.4, -0.2) is 47.4 Å². The van der Waals surface area contributed by atoms with Gasteiger partial charge in [-0.1, -0.05) is 410 Å². The molecule has 0 radical (unpaired) electrons. The fourth-order valence-corrected chi connectivity index (χ4v) is 12.6. The van der Waals surface area contributed by atoms with E-state index < -0.39 is 12.1 Å². The Hall–Kier alpha value is -1.92. The van der Waals surface area contributed by atoms with Gasteiger partial charge in [0.2, 0.25) is 5.91 Å². The van der Waals surface area contributed by atoms with Gasteiger partial charge >= 0.3 is 5.97 Å². The fourth-order valence-electron chi connectivity index (χ4n) is 12.6. The number of amides is 1. The highest BCUT2D eigenvalue weighted by molar-refractivity contribution is 5.76. The average Bonchev–Trinajstić information content (AvgIpc) is 3.52. The van der Waals surface area contributed by atoms with Crippen molar-refractivity contribution < 1.29 is 24.5 Å². The third-order valence-electron chi connectivity index (χ3n) is 18.7. The van der Waals surface area contributed by atoms with Crippen molar-refractivity contribution in [2.45, 2.75) is 456 Å². The number of allylic oxidation sites excluding steroid dienone is 5. The molecular formula is C81H155NO5. The first-order valence-corrected chi connectivity index (χ1v) is 39.8. The van der Waals surface area contributed by atoms with Crippen molar-refractivity contribution in [1.82, 2.24) is 5.32 Å². The predicted octanol–water partition coefficient (Wildman–Crippen LogP) is 26.2. The van der Waals surface area contributed by atoms with Gasteiger partial charge < -0.3 is 20.3 Å². The molecule has 0 aliphatic carbocycles. The maximum absolute atomic E-state index is 12.6. The zero-order valence-corrected chi connectivity index (χ0v) is 59.0. The smallest absolute Gasteiger partial charge is 0.305 e. The Bertz CT molecular complexity index is 1410. The van der Waals surface area contributed by atoms with Crippen LogP contribution in [0.5, 0.6) is 0 Å². The number of hydrogen-bond acceptors (Lipinski definition) is 5. The molecule has 0 fully saturated rings.